The number of ether oxygens (including phenoxy) is 2. The summed E-state index contributed by atoms with van der Waals surface area (Å²) in [5, 5.41) is 0. The minimum absolute atomic E-state index is 0.518. The van der Waals surface area contributed by atoms with Gasteiger partial charge in [-0.05, 0) is 43.7 Å². The molecule has 0 heterocycles. The Balaban J connectivity index is 1.77. The van der Waals surface area contributed by atoms with Gasteiger partial charge in [-0.2, -0.15) is 4.99 Å². The van der Waals surface area contributed by atoms with Crippen molar-refractivity contribution in [2.45, 2.75) is 20.3 Å². The van der Waals surface area contributed by atoms with Gasteiger partial charge in [0.1, 0.15) is 11.5 Å². The van der Waals surface area contributed by atoms with Gasteiger partial charge in [-0.1, -0.05) is 23.8 Å². The number of hydrogen-bond acceptors (Lipinski definition) is 4. The molecule has 0 atom stereocenters. The van der Waals surface area contributed by atoms with Gasteiger partial charge in [-0.3, -0.25) is 0 Å². The molecule has 0 unspecified atom stereocenters. The summed E-state index contributed by atoms with van der Waals surface area (Å²) in [5.74, 6) is 1.53. The second-order valence-corrected chi connectivity index (χ2v) is 5.10. The number of rotatable bonds is 7. The van der Waals surface area contributed by atoms with Crippen molar-refractivity contribution in [1.29, 1.82) is 0 Å². The number of isocyanates is 1. The molecule has 2 rings (SSSR count). The third kappa shape index (κ3) is 5.46. The average Bonchev–Trinajstić information content (AvgIpc) is 2.53. The third-order valence-corrected chi connectivity index (χ3v) is 3.17. The maximum atomic E-state index is 10.2. The first-order chi connectivity index (χ1) is 11.2. The normalized spacial score (nSPS) is 10.3. The van der Waals surface area contributed by atoms with Crippen LogP contribution in [0.2, 0.25) is 0 Å². The van der Waals surface area contributed by atoms with Gasteiger partial charge in [0.2, 0.25) is 6.08 Å². The van der Waals surface area contributed by atoms with E-state index in [1.807, 2.05) is 25.1 Å². The molecule has 0 aliphatic rings. The molecule has 0 bridgehead atoms. The van der Waals surface area contributed by atoms with Crippen LogP contribution < -0.4 is 9.47 Å². The second-order valence-electron chi connectivity index (χ2n) is 5.10. The van der Waals surface area contributed by atoms with Crippen LogP contribution in [0.15, 0.2) is 59.8 Å². The van der Waals surface area contributed by atoms with Gasteiger partial charge in [0, 0.05) is 12.5 Å². The molecule has 118 valence electrons. The molecule has 0 radical (unpaired) electrons. The summed E-state index contributed by atoms with van der Waals surface area (Å²) in [6.45, 7) is 4.68. The fraction of sp³-hybridized carbons (Fsp3) is 0.211. The Kier molecular flexibility index (Phi) is 6.16. The maximum absolute atomic E-state index is 10.2. The van der Waals surface area contributed by atoms with E-state index in [0.717, 1.165) is 17.7 Å². The third-order valence-electron chi connectivity index (χ3n) is 3.17. The topological polar surface area (TPSA) is 47.9 Å². The molecule has 2 aromatic rings. The summed E-state index contributed by atoms with van der Waals surface area (Å²) < 4.78 is 11.2. The first kappa shape index (κ1) is 16.5. The highest BCUT2D eigenvalue weighted by Gasteiger charge is 1.98. The average molecular weight is 309 g/mol. The highest BCUT2D eigenvalue weighted by Crippen LogP contribution is 2.20. The Morgan fingerprint density at radius 1 is 1.17 bits per heavy atom. The van der Waals surface area contributed by atoms with Gasteiger partial charge >= 0.3 is 0 Å². The van der Waals surface area contributed by atoms with Crippen LogP contribution in [-0.4, -0.2) is 12.7 Å². The molecule has 0 N–H and O–H groups in total. The van der Waals surface area contributed by atoms with Crippen LogP contribution in [0.5, 0.6) is 11.5 Å². The maximum Gasteiger partial charge on any atom is 0.240 e. The molecule has 4 heteroatoms. The van der Waals surface area contributed by atoms with Crippen molar-refractivity contribution in [2.24, 2.45) is 4.99 Å². The van der Waals surface area contributed by atoms with Crippen LogP contribution in [0.1, 0.15) is 17.5 Å². The Labute approximate surface area is 136 Å². The van der Waals surface area contributed by atoms with E-state index in [-0.39, 0.29) is 0 Å². The van der Waals surface area contributed by atoms with Crippen LogP contribution in [0.4, 0.5) is 5.69 Å². The Bertz CT molecular complexity index is 731. The lowest BCUT2D eigenvalue weighted by Crippen LogP contribution is -1.97. The number of nitrogens with zero attached hydrogens (tertiary/aromatic N) is 1. The SMILES string of the molecule is Cc1ccc(OCCC=COc2cccc(N=C=O)c2)c(C)c1. The van der Waals surface area contributed by atoms with Crippen LogP contribution in [0, 0.1) is 13.8 Å². The van der Waals surface area contributed by atoms with Crippen molar-refractivity contribution in [3.8, 4) is 11.5 Å². The standard InChI is InChI=1S/C19H19NO3/c1-15-8-9-19(16(2)12-15)23-11-4-3-10-22-18-7-5-6-17(13-18)20-14-21/h3,5-10,12-13H,4,11H2,1-2H3. The van der Waals surface area contributed by atoms with Gasteiger partial charge in [-0.15, -0.1) is 0 Å². The molecule has 23 heavy (non-hydrogen) atoms. The number of carbonyl (C=O) groups excluding carboxylic acids is 1. The van der Waals surface area contributed by atoms with Crippen molar-refractivity contribution in [2.75, 3.05) is 6.61 Å². The lowest BCUT2D eigenvalue weighted by Gasteiger charge is -2.08. The molecule has 2 aromatic carbocycles. The van der Waals surface area contributed by atoms with Crippen molar-refractivity contribution < 1.29 is 14.3 Å². The minimum atomic E-state index is 0.518. The highest BCUT2D eigenvalue weighted by atomic mass is 16.5. The molecule has 0 aromatic heterocycles. The molecule has 0 fully saturated rings. The van der Waals surface area contributed by atoms with Gasteiger partial charge in [0.05, 0.1) is 18.6 Å². The zero-order valence-electron chi connectivity index (χ0n) is 13.3. The van der Waals surface area contributed by atoms with E-state index in [1.165, 1.54) is 11.6 Å². The van der Waals surface area contributed by atoms with Crippen molar-refractivity contribution in [3.63, 3.8) is 0 Å². The highest BCUT2D eigenvalue weighted by molar-refractivity contribution is 5.51. The predicted octanol–water partition coefficient (Wildman–Crippen LogP) is 4.63. The van der Waals surface area contributed by atoms with E-state index in [9.17, 15) is 4.79 Å². The molecule has 0 spiro atoms. The fourth-order valence-corrected chi connectivity index (χ4v) is 2.07. The zero-order valence-corrected chi connectivity index (χ0v) is 13.3. The van der Waals surface area contributed by atoms with Crippen LogP contribution in [-0.2, 0) is 4.79 Å². The molecular formula is C19H19NO3. The van der Waals surface area contributed by atoms with Crippen molar-refractivity contribution in [1.82, 2.24) is 0 Å². The number of aliphatic imine (C=N–C) groups is 1. The fourth-order valence-electron chi connectivity index (χ4n) is 2.07. The quantitative estimate of drug-likeness (QED) is 0.324. The molecule has 4 nitrogen and oxygen atoms in total. The summed E-state index contributed by atoms with van der Waals surface area (Å²) in [6.07, 6.45) is 5.73. The summed E-state index contributed by atoms with van der Waals surface area (Å²) in [6, 6.07) is 13.1. The Hall–Kier alpha value is -2.84. The zero-order chi connectivity index (χ0) is 16.5. The second kappa shape index (κ2) is 8.57. The lowest BCUT2D eigenvalue weighted by molar-refractivity contribution is 0.321. The monoisotopic (exact) mass is 309 g/mol. The summed E-state index contributed by atoms with van der Waals surface area (Å²) in [7, 11) is 0. The van der Waals surface area contributed by atoms with Gasteiger partial charge in [0.15, 0.2) is 0 Å². The first-order valence-corrected chi connectivity index (χ1v) is 7.38. The number of aryl methyl sites for hydroxylation is 2. The van der Waals surface area contributed by atoms with E-state index in [1.54, 1.807) is 30.5 Å². The molecule has 0 aliphatic carbocycles. The van der Waals surface area contributed by atoms with Crippen LogP contribution >= 0.6 is 0 Å². The molecule has 0 saturated carbocycles. The largest absolute Gasteiger partial charge is 0.493 e. The lowest BCUT2D eigenvalue weighted by atomic mass is 10.1. The molecule has 0 amide bonds. The molecule has 0 saturated heterocycles. The van der Waals surface area contributed by atoms with E-state index in [2.05, 4.69) is 18.0 Å². The predicted molar refractivity (Wildman–Crippen MR) is 90.0 cm³/mol. The van der Waals surface area contributed by atoms with Gasteiger partial charge < -0.3 is 9.47 Å². The smallest absolute Gasteiger partial charge is 0.240 e. The number of hydrogen-bond donors (Lipinski definition) is 0. The van der Waals surface area contributed by atoms with E-state index in [4.69, 9.17) is 9.47 Å². The minimum Gasteiger partial charge on any atom is -0.493 e. The van der Waals surface area contributed by atoms with Gasteiger partial charge in [-0.25, -0.2) is 4.79 Å². The van der Waals surface area contributed by atoms with Crippen LogP contribution in [0.3, 0.4) is 0 Å². The van der Waals surface area contributed by atoms with E-state index >= 15 is 0 Å². The molecule has 0 aliphatic heterocycles. The summed E-state index contributed by atoms with van der Waals surface area (Å²) >= 11 is 0. The summed E-state index contributed by atoms with van der Waals surface area (Å²) in [5.41, 5.74) is 2.88. The number of benzene rings is 2. The summed E-state index contributed by atoms with van der Waals surface area (Å²) in [4.78, 5) is 13.8. The van der Waals surface area contributed by atoms with Crippen molar-refractivity contribution >= 4 is 11.8 Å². The first-order valence-electron chi connectivity index (χ1n) is 7.38. The van der Waals surface area contributed by atoms with Crippen molar-refractivity contribution in [3.05, 3.63) is 65.9 Å². The Morgan fingerprint density at radius 2 is 2.04 bits per heavy atom. The van der Waals surface area contributed by atoms with Crippen LogP contribution in [0.25, 0.3) is 0 Å². The van der Waals surface area contributed by atoms with E-state index < -0.39 is 0 Å². The van der Waals surface area contributed by atoms with Gasteiger partial charge in [0.25, 0.3) is 0 Å². The molecular weight excluding hydrogens is 290 g/mol. The van der Waals surface area contributed by atoms with E-state index in [0.29, 0.717) is 18.0 Å². The Morgan fingerprint density at radius 3 is 2.83 bits per heavy atom.